The molecule has 0 aliphatic rings. The third-order valence-electron chi connectivity index (χ3n) is 1.30. The van der Waals surface area contributed by atoms with Crippen molar-refractivity contribution in [1.82, 2.24) is 9.97 Å². The number of nitrogens with zero attached hydrogens (tertiary/aromatic N) is 2. The predicted octanol–water partition coefficient (Wildman–Crippen LogP) is 0.343. The highest BCUT2D eigenvalue weighted by atomic mass is 19.1. The van der Waals surface area contributed by atoms with E-state index in [1.807, 2.05) is 0 Å². The lowest BCUT2D eigenvalue weighted by Gasteiger charge is -2.01. The Morgan fingerprint density at radius 1 is 1.36 bits per heavy atom. The van der Waals surface area contributed by atoms with Gasteiger partial charge in [-0.2, -0.15) is 4.98 Å². The molecule has 1 aromatic heterocycles. The molecule has 0 unspecified atom stereocenters. The van der Waals surface area contributed by atoms with Crippen molar-refractivity contribution >= 4 is 11.8 Å². The van der Waals surface area contributed by atoms with E-state index in [0.717, 1.165) is 0 Å². The largest absolute Gasteiger partial charge is 0.381 e. The van der Waals surface area contributed by atoms with Crippen molar-refractivity contribution in [3.63, 3.8) is 0 Å². The van der Waals surface area contributed by atoms with Crippen LogP contribution in [0.15, 0.2) is 0 Å². The van der Waals surface area contributed by atoms with Crippen LogP contribution in [0.4, 0.5) is 16.2 Å². The molecule has 0 aromatic carbocycles. The molecule has 11 heavy (non-hydrogen) atoms. The lowest BCUT2D eigenvalue weighted by Crippen LogP contribution is -2.06. The van der Waals surface area contributed by atoms with Gasteiger partial charge in [0.05, 0.1) is 5.69 Å². The maximum Gasteiger partial charge on any atom is 0.222 e. The molecule has 0 radical (unpaired) electrons. The van der Waals surface area contributed by atoms with Crippen molar-refractivity contribution < 1.29 is 4.39 Å². The fourth-order valence-corrected chi connectivity index (χ4v) is 0.767. The smallest absolute Gasteiger partial charge is 0.222 e. The van der Waals surface area contributed by atoms with Gasteiger partial charge in [-0.15, -0.1) is 0 Å². The third-order valence-corrected chi connectivity index (χ3v) is 1.30. The Bertz CT molecular complexity index is 274. The number of hydrogen-bond donors (Lipinski definition) is 2. The van der Waals surface area contributed by atoms with Crippen LogP contribution >= 0.6 is 0 Å². The summed E-state index contributed by atoms with van der Waals surface area (Å²) in [5.41, 5.74) is 10.7. The van der Waals surface area contributed by atoms with Gasteiger partial charge in [-0.05, 0) is 6.42 Å². The van der Waals surface area contributed by atoms with Gasteiger partial charge in [-0.1, -0.05) is 6.92 Å². The van der Waals surface area contributed by atoms with Crippen LogP contribution in [0, 0.1) is 5.82 Å². The topological polar surface area (TPSA) is 77.8 Å². The minimum atomic E-state index is -0.568. The molecule has 0 aliphatic heterocycles. The molecule has 60 valence electrons. The minimum Gasteiger partial charge on any atom is -0.381 e. The van der Waals surface area contributed by atoms with E-state index in [0.29, 0.717) is 6.42 Å². The van der Waals surface area contributed by atoms with Gasteiger partial charge in [0.25, 0.3) is 0 Å². The maximum atomic E-state index is 12.9. The summed E-state index contributed by atoms with van der Waals surface area (Å²) in [7, 11) is 0. The Hall–Kier alpha value is -1.39. The number of rotatable bonds is 1. The molecule has 0 spiro atoms. The molecule has 1 rings (SSSR count). The van der Waals surface area contributed by atoms with Crippen LogP contribution in [0.5, 0.6) is 0 Å². The van der Waals surface area contributed by atoms with Crippen molar-refractivity contribution in [3.05, 3.63) is 11.5 Å². The average Bonchev–Trinajstić information content (AvgIpc) is 1.96. The Morgan fingerprint density at radius 3 is 2.55 bits per heavy atom. The van der Waals surface area contributed by atoms with E-state index >= 15 is 0 Å². The Morgan fingerprint density at radius 2 is 2.00 bits per heavy atom. The molecular weight excluding hydrogens is 147 g/mol. The van der Waals surface area contributed by atoms with Crippen LogP contribution in [0.25, 0.3) is 0 Å². The Kier molecular flexibility index (Phi) is 1.89. The number of aryl methyl sites for hydroxylation is 1. The van der Waals surface area contributed by atoms with Crippen molar-refractivity contribution in [1.29, 1.82) is 0 Å². The monoisotopic (exact) mass is 156 g/mol. The van der Waals surface area contributed by atoms with Gasteiger partial charge in [0.15, 0.2) is 11.6 Å². The van der Waals surface area contributed by atoms with Crippen molar-refractivity contribution in [2.24, 2.45) is 0 Å². The predicted molar refractivity (Wildman–Crippen MR) is 40.2 cm³/mol. The molecule has 5 heteroatoms. The average molecular weight is 156 g/mol. The summed E-state index contributed by atoms with van der Waals surface area (Å²) in [5.74, 6) is -0.739. The van der Waals surface area contributed by atoms with Gasteiger partial charge in [0.1, 0.15) is 0 Å². The zero-order valence-electron chi connectivity index (χ0n) is 6.13. The summed E-state index contributed by atoms with van der Waals surface area (Å²) in [6.45, 7) is 1.77. The molecule has 4 nitrogen and oxygen atoms in total. The lowest BCUT2D eigenvalue weighted by molar-refractivity contribution is 0.601. The van der Waals surface area contributed by atoms with Crippen LogP contribution in [-0.2, 0) is 6.42 Å². The summed E-state index contributed by atoms with van der Waals surface area (Å²) in [6.07, 6.45) is 0.461. The fraction of sp³-hybridized carbons (Fsp3) is 0.333. The van der Waals surface area contributed by atoms with Gasteiger partial charge < -0.3 is 11.5 Å². The molecule has 1 aromatic rings. The van der Waals surface area contributed by atoms with E-state index in [1.165, 1.54) is 0 Å². The van der Waals surface area contributed by atoms with Gasteiger partial charge in [0.2, 0.25) is 5.95 Å². The van der Waals surface area contributed by atoms with E-state index in [9.17, 15) is 4.39 Å². The first kappa shape index (κ1) is 7.71. The van der Waals surface area contributed by atoms with Crippen LogP contribution < -0.4 is 11.5 Å². The van der Waals surface area contributed by atoms with Crippen molar-refractivity contribution in [2.75, 3.05) is 11.5 Å². The summed E-state index contributed by atoms with van der Waals surface area (Å²) in [6, 6.07) is 0. The quantitative estimate of drug-likeness (QED) is 0.614. The van der Waals surface area contributed by atoms with Gasteiger partial charge in [0, 0.05) is 0 Å². The molecule has 0 atom stereocenters. The van der Waals surface area contributed by atoms with Gasteiger partial charge in [-0.25, -0.2) is 9.37 Å². The number of halogens is 1. The van der Waals surface area contributed by atoms with Crippen LogP contribution in [0.1, 0.15) is 12.6 Å². The molecule has 0 fully saturated rings. The number of hydrogen-bond acceptors (Lipinski definition) is 4. The van der Waals surface area contributed by atoms with Gasteiger partial charge in [-0.3, -0.25) is 0 Å². The zero-order chi connectivity index (χ0) is 8.43. The van der Waals surface area contributed by atoms with Crippen LogP contribution in [0.2, 0.25) is 0 Å². The molecule has 0 saturated heterocycles. The summed E-state index contributed by atoms with van der Waals surface area (Å²) in [4.78, 5) is 7.11. The normalized spacial score (nSPS) is 10.0. The van der Waals surface area contributed by atoms with Crippen molar-refractivity contribution in [2.45, 2.75) is 13.3 Å². The SMILES string of the molecule is CCc1nc(N)nc(N)c1F. The van der Waals surface area contributed by atoms with E-state index in [-0.39, 0.29) is 17.5 Å². The van der Waals surface area contributed by atoms with E-state index in [2.05, 4.69) is 9.97 Å². The first-order valence-electron chi connectivity index (χ1n) is 3.22. The second-order valence-electron chi connectivity index (χ2n) is 2.08. The van der Waals surface area contributed by atoms with Crippen molar-refractivity contribution in [3.8, 4) is 0 Å². The molecule has 0 amide bonds. The maximum absolute atomic E-state index is 12.9. The zero-order valence-corrected chi connectivity index (χ0v) is 6.13. The highest BCUT2D eigenvalue weighted by Crippen LogP contribution is 2.11. The molecule has 4 N–H and O–H groups in total. The van der Waals surface area contributed by atoms with E-state index < -0.39 is 5.82 Å². The summed E-state index contributed by atoms with van der Waals surface area (Å²) in [5, 5.41) is 0. The lowest BCUT2D eigenvalue weighted by atomic mass is 10.3. The second-order valence-corrected chi connectivity index (χ2v) is 2.08. The number of nitrogen functional groups attached to an aromatic ring is 2. The van der Waals surface area contributed by atoms with Gasteiger partial charge >= 0.3 is 0 Å². The number of anilines is 2. The molecule has 0 aliphatic carbocycles. The molecule has 1 heterocycles. The van der Waals surface area contributed by atoms with E-state index in [1.54, 1.807) is 6.92 Å². The Balaban J connectivity index is 3.24. The standard InChI is InChI=1S/C6H9FN4/c1-2-3-4(7)5(8)11-6(9)10-3/h2H2,1H3,(H4,8,9,10,11). The fourth-order valence-electron chi connectivity index (χ4n) is 0.767. The highest BCUT2D eigenvalue weighted by Gasteiger charge is 2.07. The number of aromatic nitrogens is 2. The first-order valence-corrected chi connectivity index (χ1v) is 3.22. The third kappa shape index (κ3) is 1.36. The molecule has 0 bridgehead atoms. The number of nitrogens with two attached hydrogens (primary N) is 2. The molecular formula is C6H9FN4. The Labute approximate surface area is 63.4 Å². The minimum absolute atomic E-state index is 0.0146. The van der Waals surface area contributed by atoms with Crippen LogP contribution in [0.3, 0.4) is 0 Å². The highest BCUT2D eigenvalue weighted by molar-refractivity contribution is 5.37. The van der Waals surface area contributed by atoms with E-state index in [4.69, 9.17) is 11.5 Å². The summed E-state index contributed by atoms with van der Waals surface area (Å²) >= 11 is 0. The first-order chi connectivity index (χ1) is 5.15. The second kappa shape index (κ2) is 2.69. The van der Waals surface area contributed by atoms with Crippen LogP contribution in [-0.4, -0.2) is 9.97 Å². The summed E-state index contributed by atoms with van der Waals surface area (Å²) < 4.78 is 12.9. The molecule has 0 saturated carbocycles.